The van der Waals surface area contributed by atoms with Crippen molar-refractivity contribution in [1.82, 2.24) is 5.32 Å². The first-order valence-corrected chi connectivity index (χ1v) is 12.2. The molecule has 0 heterocycles. The zero-order valence-corrected chi connectivity index (χ0v) is 19.3. The molecule has 0 amide bonds. The van der Waals surface area contributed by atoms with Gasteiger partial charge in [-0.05, 0) is 92.9 Å². The van der Waals surface area contributed by atoms with Crippen LogP contribution in [0.4, 0.5) is 4.39 Å². The maximum absolute atomic E-state index is 14.0. The third-order valence-corrected chi connectivity index (χ3v) is 8.46. The van der Waals surface area contributed by atoms with Gasteiger partial charge in [0.15, 0.2) is 0 Å². The van der Waals surface area contributed by atoms with Crippen LogP contribution in [0.2, 0.25) is 0 Å². The number of halogens is 2. The van der Waals surface area contributed by atoms with Gasteiger partial charge < -0.3 is 10.1 Å². The maximum atomic E-state index is 14.0. The van der Waals surface area contributed by atoms with Crippen molar-refractivity contribution >= 4 is 15.9 Å². The maximum Gasteiger partial charge on any atom is 0.129 e. The second-order valence-electron chi connectivity index (χ2n) is 10.0. The summed E-state index contributed by atoms with van der Waals surface area (Å²) in [4.78, 5) is 0. The number of ether oxygens (including phenoxy) is 1. The lowest BCUT2D eigenvalue weighted by atomic mass is 9.48. The molecule has 2 nitrogen and oxygen atoms in total. The highest BCUT2D eigenvalue weighted by Gasteiger charge is 2.52. The molecule has 0 saturated heterocycles. The zero-order valence-electron chi connectivity index (χ0n) is 17.7. The molecule has 4 bridgehead atoms. The summed E-state index contributed by atoms with van der Waals surface area (Å²) in [6.45, 7) is 3.41. The monoisotopic (exact) mass is 471 g/mol. The van der Waals surface area contributed by atoms with Crippen molar-refractivity contribution in [3.05, 3.63) is 63.9 Å². The Balaban J connectivity index is 1.27. The molecule has 30 heavy (non-hydrogen) atoms. The molecule has 4 aliphatic rings. The molecule has 1 N–H and O–H groups in total. The standard InChI is InChI=1S/C26H31BrFNO/c1-17(26-12-18-8-19(13-26)10-20(9-18)14-26)29-15-22-11-23(27)6-7-25(22)30-16-21-4-2-3-5-24(21)28/h2-7,11,17-20,29H,8-10,12-16H2,1H3. The molecule has 4 aliphatic carbocycles. The fourth-order valence-electron chi connectivity index (χ4n) is 6.79. The molecule has 0 aliphatic heterocycles. The Kier molecular flexibility index (Phi) is 5.66. The Morgan fingerprint density at radius 3 is 2.37 bits per heavy atom. The van der Waals surface area contributed by atoms with E-state index in [0.29, 0.717) is 17.0 Å². The quantitative estimate of drug-likeness (QED) is 0.475. The Bertz CT molecular complexity index is 878. The third kappa shape index (κ3) is 4.05. The van der Waals surface area contributed by atoms with Gasteiger partial charge in [-0.25, -0.2) is 4.39 Å². The third-order valence-electron chi connectivity index (χ3n) is 7.97. The Morgan fingerprint density at radius 2 is 1.70 bits per heavy atom. The normalized spacial score (nSPS) is 30.4. The second kappa shape index (κ2) is 8.27. The van der Waals surface area contributed by atoms with Crippen molar-refractivity contribution in [2.75, 3.05) is 0 Å². The number of benzene rings is 2. The van der Waals surface area contributed by atoms with Gasteiger partial charge in [0.2, 0.25) is 0 Å². The average molecular weight is 472 g/mol. The van der Waals surface area contributed by atoms with Gasteiger partial charge in [-0.3, -0.25) is 0 Å². The molecule has 0 spiro atoms. The van der Waals surface area contributed by atoms with Gasteiger partial charge >= 0.3 is 0 Å². The van der Waals surface area contributed by atoms with E-state index in [4.69, 9.17) is 4.74 Å². The van der Waals surface area contributed by atoms with Crippen molar-refractivity contribution < 1.29 is 9.13 Å². The van der Waals surface area contributed by atoms with E-state index in [0.717, 1.165) is 40.1 Å². The minimum atomic E-state index is -0.218. The SMILES string of the molecule is CC(NCc1cc(Br)ccc1OCc1ccccc1F)C12CC3CC(CC(C3)C1)C2. The number of nitrogens with one attached hydrogen (secondary N) is 1. The van der Waals surface area contributed by atoms with Crippen LogP contribution >= 0.6 is 15.9 Å². The predicted octanol–water partition coefficient (Wildman–Crippen LogP) is 6.86. The van der Waals surface area contributed by atoms with Gasteiger partial charge in [0.05, 0.1) is 0 Å². The summed E-state index contributed by atoms with van der Waals surface area (Å²) in [5.74, 6) is 3.50. The molecular formula is C26H31BrFNO. The van der Waals surface area contributed by atoms with Crippen molar-refractivity contribution in [3.8, 4) is 5.75 Å². The number of hydrogen-bond donors (Lipinski definition) is 1. The van der Waals surface area contributed by atoms with Gasteiger partial charge in [-0.15, -0.1) is 0 Å². The van der Waals surface area contributed by atoms with Gasteiger partial charge in [0.1, 0.15) is 18.2 Å². The fourth-order valence-corrected chi connectivity index (χ4v) is 7.19. The predicted molar refractivity (Wildman–Crippen MR) is 122 cm³/mol. The van der Waals surface area contributed by atoms with Gasteiger partial charge in [-0.2, -0.15) is 0 Å². The minimum absolute atomic E-state index is 0.218. The van der Waals surface area contributed by atoms with E-state index in [1.54, 1.807) is 12.1 Å². The summed E-state index contributed by atoms with van der Waals surface area (Å²) in [6.07, 6.45) is 8.65. The van der Waals surface area contributed by atoms with Gasteiger partial charge in [-0.1, -0.05) is 34.1 Å². The van der Waals surface area contributed by atoms with Crippen molar-refractivity contribution in [2.24, 2.45) is 23.2 Å². The smallest absolute Gasteiger partial charge is 0.129 e. The summed E-state index contributed by atoms with van der Waals surface area (Å²) < 4.78 is 21.1. The summed E-state index contributed by atoms with van der Waals surface area (Å²) >= 11 is 3.60. The molecular weight excluding hydrogens is 441 g/mol. The van der Waals surface area contributed by atoms with E-state index in [2.05, 4.69) is 34.2 Å². The molecule has 2 aromatic rings. The fraction of sp³-hybridized carbons (Fsp3) is 0.538. The van der Waals surface area contributed by atoms with E-state index >= 15 is 0 Å². The summed E-state index contributed by atoms with van der Waals surface area (Å²) in [7, 11) is 0. The molecule has 1 unspecified atom stereocenters. The molecule has 6 rings (SSSR count). The summed E-state index contributed by atoms with van der Waals surface area (Å²) in [5.41, 5.74) is 2.19. The first-order chi connectivity index (χ1) is 14.5. The first kappa shape index (κ1) is 20.5. The Hall–Kier alpha value is -1.39. The van der Waals surface area contributed by atoms with Crippen molar-refractivity contribution in [3.63, 3.8) is 0 Å². The van der Waals surface area contributed by atoms with Crippen LogP contribution in [-0.2, 0) is 13.2 Å². The van der Waals surface area contributed by atoms with Crippen LogP contribution in [0.3, 0.4) is 0 Å². The number of hydrogen-bond acceptors (Lipinski definition) is 2. The molecule has 2 aromatic carbocycles. The highest BCUT2D eigenvalue weighted by molar-refractivity contribution is 9.10. The lowest BCUT2D eigenvalue weighted by Gasteiger charge is -2.59. The van der Waals surface area contributed by atoms with Crippen LogP contribution in [0.25, 0.3) is 0 Å². The summed E-state index contributed by atoms with van der Waals surface area (Å²) in [6, 6.07) is 13.4. The number of rotatable bonds is 7. The molecule has 160 valence electrons. The molecule has 0 aromatic heterocycles. The molecule has 4 heteroatoms. The highest BCUT2D eigenvalue weighted by atomic mass is 79.9. The molecule has 1 atom stereocenters. The Morgan fingerprint density at radius 1 is 1.03 bits per heavy atom. The van der Waals surface area contributed by atoms with Crippen LogP contribution in [0.1, 0.15) is 56.6 Å². The molecule has 4 saturated carbocycles. The first-order valence-electron chi connectivity index (χ1n) is 11.4. The van der Waals surface area contributed by atoms with Crippen LogP contribution < -0.4 is 10.1 Å². The van der Waals surface area contributed by atoms with Crippen molar-refractivity contribution in [2.45, 2.75) is 64.6 Å². The largest absolute Gasteiger partial charge is 0.488 e. The van der Waals surface area contributed by atoms with E-state index < -0.39 is 0 Å². The van der Waals surface area contributed by atoms with E-state index in [-0.39, 0.29) is 12.4 Å². The van der Waals surface area contributed by atoms with Crippen LogP contribution in [-0.4, -0.2) is 6.04 Å². The summed E-state index contributed by atoms with van der Waals surface area (Å²) in [5, 5.41) is 3.86. The van der Waals surface area contributed by atoms with Crippen LogP contribution in [0.15, 0.2) is 46.9 Å². The Labute approximate surface area is 187 Å². The van der Waals surface area contributed by atoms with Gasteiger partial charge in [0, 0.05) is 28.2 Å². The van der Waals surface area contributed by atoms with Crippen LogP contribution in [0, 0.1) is 29.0 Å². The average Bonchev–Trinajstić information content (AvgIpc) is 2.71. The second-order valence-corrected chi connectivity index (χ2v) is 10.9. The molecule has 4 fully saturated rings. The van der Waals surface area contributed by atoms with E-state index in [1.165, 1.54) is 44.6 Å². The van der Waals surface area contributed by atoms with Crippen LogP contribution in [0.5, 0.6) is 5.75 Å². The topological polar surface area (TPSA) is 21.3 Å². The van der Waals surface area contributed by atoms with Gasteiger partial charge in [0.25, 0.3) is 0 Å². The lowest BCUT2D eigenvalue weighted by molar-refractivity contribution is -0.0706. The minimum Gasteiger partial charge on any atom is -0.488 e. The van der Waals surface area contributed by atoms with E-state index in [9.17, 15) is 4.39 Å². The highest BCUT2D eigenvalue weighted by Crippen LogP contribution is 2.61. The molecule has 0 radical (unpaired) electrons. The zero-order chi connectivity index (χ0) is 20.7. The van der Waals surface area contributed by atoms with E-state index in [1.807, 2.05) is 18.2 Å². The lowest BCUT2D eigenvalue weighted by Crippen LogP contribution is -2.54. The van der Waals surface area contributed by atoms with Crippen molar-refractivity contribution in [1.29, 1.82) is 0 Å².